The molecule has 1 saturated carbocycles. The second-order valence-corrected chi connectivity index (χ2v) is 13.0. The molecule has 4 aromatic rings. The summed E-state index contributed by atoms with van der Waals surface area (Å²) < 4.78 is 19.4. The van der Waals surface area contributed by atoms with E-state index >= 15 is 0 Å². The molecule has 2 heterocycles. The van der Waals surface area contributed by atoms with E-state index in [1.165, 1.54) is 76.8 Å². The Hall–Kier alpha value is -3.06. The van der Waals surface area contributed by atoms with Crippen LogP contribution in [0, 0.1) is 0 Å². The maximum Gasteiger partial charge on any atom is 0.120 e. The van der Waals surface area contributed by atoms with Gasteiger partial charge in [-0.2, -0.15) is 0 Å². The number of nitrogens with zero attached hydrogens (tertiary/aromatic N) is 2. The average Bonchev–Trinajstić information content (AvgIpc) is 3.66. The van der Waals surface area contributed by atoms with Gasteiger partial charge in [-0.25, -0.2) is 0 Å². The van der Waals surface area contributed by atoms with E-state index in [1.54, 1.807) is 7.11 Å². The lowest BCUT2D eigenvalue weighted by molar-refractivity contribution is 0.0622. The van der Waals surface area contributed by atoms with Crippen molar-refractivity contribution in [1.29, 1.82) is 0 Å². The first-order valence-corrected chi connectivity index (χ1v) is 16.4. The molecule has 6 rings (SSSR count). The fraction of sp³-hybridized carbons (Fsp3) is 0.444. The lowest BCUT2D eigenvalue weighted by atomic mass is 9.91. The van der Waals surface area contributed by atoms with Crippen molar-refractivity contribution in [1.82, 2.24) is 9.80 Å². The molecule has 5 nitrogen and oxygen atoms in total. The Balaban J connectivity index is 1.20. The summed E-state index contributed by atoms with van der Waals surface area (Å²) in [7, 11) is 6.07. The third-order valence-corrected chi connectivity index (χ3v) is 10.2. The largest absolute Gasteiger partial charge is 0.497 e. The molecule has 2 aliphatic rings. The van der Waals surface area contributed by atoms with Crippen LogP contribution in [0.25, 0.3) is 20.5 Å². The number of rotatable bonds is 11. The van der Waals surface area contributed by atoms with E-state index < -0.39 is 0 Å². The Bertz CT molecular complexity index is 1440. The number of methoxy groups -OCH3 is 1. The monoisotopic (exact) mass is 584 g/mol. The number of likely N-dealkylation sites (tertiary alicyclic amines) is 1. The molecule has 2 fully saturated rings. The Morgan fingerprint density at radius 1 is 0.833 bits per heavy atom. The minimum atomic E-state index is 0.258. The average molecular weight is 585 g/mol. The molecule has 0 spiro atoms. The number of thiophene rings is 1. The number of ether oxygens (including phenoxy) is 3. The Morgan fingerprint density at radius 2 is 1.55 bits per heavy atom. The predicted octanol–water partition coefficient (Wildman–Crippen LogP) is 7.89. The molecule has 0 unspecified atom stereocenters. The molecular weight excluding hydrogens is 540 g/mol. The van der Waals surface area contributed by atoms with Crippen LogP contribution < -0.4 is 14.2 Å². The molecule has 1 saturated heterocycles. The number of benzene rings is 3. The van der Waals surface area contributed by atoms with E-state index in [4.69, 9.17) is 14.2 Å². The molecule has 42 heavy (non-hydrogen) atoms. The molecule has 0 N–H and O–H groups in total. The molecule has 6 heteroatoms. The molecule has 2 atom stereocenters. The van der Waals surface area contributed by atoms with Crippen molar-refractivity contribution in [2.45, 2.75) is 57.1 Å². The third kappa shape index (κ3) is 6.77. The van der Waals surface area contributed by atoms with E-state index in [0.29, 0.717) is 6.04 Å². The van der Waals surface area contributed by atoms with Gasteiger partial charge in [0.1, 0.15) is 30.0 Å². The predicted molar refractivity (Wildman–Crippen MR) is 175 cm³/mol. The molecule has 0 radical (unpaired) electrons. The van der Waals surface area contributed by atoms with Crippen molar-refractivity contribution in [3.63, 3.8) is 0 Å². The van der Waals surface area contributed by atoms with E-state index in [1.807, 2.05) is 11.3 Å². The Labute approximate surface area is 255 Å². The van der Waals surface area contributed by atoms with Gasteiger partial charge in [-0.1, -0.05) is 18.6 Å². The highest BCUT2D eigenvalue weighted by atomic mass is 32.1. The second kappa shape index (κ2) is 13.5. The van der Waals surface area contributed by atoms with E-state index in [-0.39, 0.29) is 6.10 Å². The summed E-state index contributed by atoms with van der Waals surface area (Å²) in [5, 5.41) is 1.29. The van der Waals surface area contributed by atoms with Crippen molar-refractivity contribution in [3.8, 4) is 27.7 Å². The van der Waals surface area contributed by atoms with Crippen LogP contribution in [0.15, 0.2) is 66.7 Å². The van der Waals surface area contributed by atoms with Crippen molar-refractivity contribution < 1.29 is 14.2 Å². The summed E-state index contributed by atoms with van der Waals surface area (Å²) in [6.07, 6.45) is 8.62. The highest BCUT2D eigenvalue weighted by molar-refractivity contribution is 7.22. The number of hydrogen-bond acceptors (Lipinski definition) is 6. The van der Waals surface area contributed by atoms with Gasteiger partial charge in [0.25, 0.3) is 0 Å². The molecule has 1 aliphatic heterocycles. The number of likely N-dealkylation sites (N-methyl/N-ethyl adjacent to an activating group) is 1. The molecule has 1 aliphatic carbocycles. The number of fused-ring (bicyclic) bond motifs is 1. The zero-order chi connectivity index (χ0) is 28.9. The topological polar surface area (TPSA) is 34.2 Å². The zero-order valence-corrected chi connectivity index (χ0v) is 26.1. The smallest absolute Gasteiger partial charge is 0.120 e. The van der Waals surface area contributed by atoms with Crippen LogP contribution in [0.2, 0.25) is 0 Å². The lowest BCUT2D eigenvalue weighted by Gasteiger charge is -2.36. The first kappa shape index (κ1) is 29.0. The maximum absolute atomic E-state index is 6.51. The summed E-state index contributed by atoms with van der Waals surface area (Å²) in [4.78, 5) is 6.11. The Morgan fingerprint density at radius 3 is 2.29 bits per heavy atom. The van der Waals surface area contributed by atoms with Gasteiger partial charge in [0.2, 0.25) is 0 Å². The van der Waals surface area contributed by atoms with Crippen LogP contribution >= 0.6 is 11.3 Å². The highest BCUT2D eigenvalue weighted by Crippen LogP contribution is 2.42. The standard InChI is InChI=1S/C36H44N2O3S/c1-37(2)33-8-4-5-9-34(33)41-29-14-10-26(11-15-29)24-32-31-19-18-30(39-3)25-35(31)42-36(32)27-12-16-28(17-13-27)40-23-22-38-20-6-7-21-38/h10-19,25,33-34H,4-9,20-24H2,1-3H3/t33-,34-/m1/s1. The van der Waals surface area contributed by atoms with Crippen LogP contribution in [-0.2, 0) is 6.42 Å². The van der Waals surface area contributed by atoms with Gasteiger partial charge in [-0.3, -0.25) is 4.90 Å². The quantitative estimate of drug-likeness (QED) is 0.179. The van der Waals surface area contributed by atoms with Crippen molar-refractivity contribution in [2.24, 2.45) is 0 Å². The first-order chi connectivity index (χ1) is 20.6. The molecule has 1 aromatic heterocycles. The van der Waals surface area contributed by atoms with E-state index in [0.717, 1.165) is 43.2 Å². The summed E-state index contributed by atoms with van der Waals surface area (Å²) in [6.45, 7) is 4.15. The van der Waals surface area contributed by atoms with Crippen LogP contribution in [-0.4, -0.2) is 69.4 Å². The summed E-state index contributed by atoms with van der Waals surface area (Å²) in [5.74, 6) is 2.80. The normalized spacial score (nSPS) is 19.4. The fourth-order valence-electron chi connectivity index (χ4n) is 6.54. The second-order valence-electron chi connectivity index (χ2n) is 12.0. The maximum atomic E-state index is 6.51. The van der Waals surface area contributed by atoms with Crippen molar-refractivity contribution >= 4 is 21.4 Å². The summed E-state index contributed by atoms with van der Waals surface area (Å²) >= 11 is 1.84. The van der Waals surface area contributed by atoms with Gasteiger partial charge in [-0.15, -0.1) is 11.3 Å². The zero-order valence-electron chi connectivity index (χ0n) is 25.3. The summed E-state index contributed by atoms with van der Waals surface area (Å²) in [6, 6.07) is 24.3. The van der Waals surface area contributed by atoms with E-state index in [9.17, 15) is 0 Å². The SMILES string of the molecule is COc1ccc2c(Cc3ccc(O[C@@H]4CCCC[C@H]4N(C)C)cc3)c(-c3ccc(OCCN4CCCC4)cc3)sc2c1. The molecule has 222 valence electrons. The summed E-state index contributed by atoms with van der Waals surface area (Å²) in [5.41, 5.74) is 3.87. The van der Waals surface area contributed by atoms with Crippen LogP contribution in [0.1, 0.15) is 49.7 Å². The van der Waals surface area contributed by atoms with Gasteiger partial charge in [0.15, 0.2) is 0 Å². The van der Waals surface area contributed by atoms with Gasteiger partial charge in [0, 0.05) is 22.2 Å². The third-order valence-electron chi connectivity index (χ3n) is 8.91. The van der Waals surface area contributed by atoms with Crippen LogP contribution in [0.3, 0.4) is 0 Å². The molecule has 0 amide bonds. The van der Waals surface area contributed by atoms with Crippen molar-refractivity contribution in [3.05, 3.63) is 77.9 Å². The fourth-order valence-corrected chi connectivity index (χ4v) is 7.79. The van der Waals surface area contributed by atoms with E-state index in [2.05, 4.69) is 90.6 Å². The Kier molecular flexibility index (Phi) is 9.33. The van der Waals surface area contributed by atoms with Gasteiger partial charge in [0.05, 0.1) is 7.11 Å². The van der Waals surface area contributed by atoms with Gasteiger partial charge >= 0.3 is 0 Å². The molecule has 0 bridgehead atoms. The van der Waals surface area contributed by atoms with Gasteiger partial charge < -0.3 is 19.1 Å². The highest BCUT2D eigenvalue weighted by Gasteiger charge is 2.28. The molecular formula is C36H44N2O3S. The molecule has 3 aromatic carbocycles. The minimum Gasteiger partial charge on any atom is -0.497 e. The lowest BCUT2D eigenvalue weighted by Crippen LogP contribution is -2.44. The first-order valence-electron chi connectivity index (χ1n) is 15.5. The minimum absolute atomic E-state index is 0.258. The van der Waals surface area contributed by atoms with Crippen LogP contribution in [0.5, 0.6) is 17.2 Å². The number of hydrogen-bond donors (Lipinski definition) is 0. The van der Waals surface area contributed by atoms with Crippen LogP contribution in [0.4, 0.5) is 0 Å². The van der Waals surface area contributed by atoms with Crippen molar-refractivity contribution in [2.75, 3.05) is 47.4 Å². The van der Waals surface area contributed by atoms with Gasteiger partial charge in [-0.05, 0) is 142 Å².